The molecule has 0 saturated carbocycles. The highest BCUT2D eigenvalue weighted by Crippen LogP contribution is 2.38. The Labute approximate surface area is 297 Å². The number of rotatable bonds is 12. The maximum absolute atomic E-state index is 13.1. The molecule has 0 bridgehead atoms. The lowest BCUT2D eigenvalue weighted by atomic mass is 9.96. The summed E-state index contributed by atoms with van der Waals surface area (Å²) in [5.74, 6) is 1.56. The van der Waals surface area contributed by atoms with E-state index in [2.05, 4.69) is 17.1 Å². The molecule has 0 unspecified atom stereocenters. The number of nitrogens with zero attached hydrogens (tertiary/aromatic N) is 3. The van der Waals surface area contributed by atoms with Crippen LogP contribution in [-0.2, 0) is 34.4 Å². The lowest BCUT2D eigenvalue weighted by molar-refractivity contribution is -0.123. The molecule has 260 valence electrons. The van der Waals surface area contributed by atoms with Gasteiger partial charge in [-0.15, -0.1) is 0 Å². The molecule has 2 aliphatic rings. The van der Waals surface area contributed by atoms with Gasteiger partial charge in [-0.1, -0.05) is 42.3 Å². The summed E-state index contributed by atoms with van der Waals surface area (Å²) in [6, 6.07) is 18.8. The number of Topliss-reactive ketones (excluding diaryl/α,β-unsaturated/α-hetero) is 1. The van der Waals surface area contributed by atoms with Gasteiger partial charge in [-0.2, -0.15) is 5.26 Å². The smallest absolute Gasteiger partial charge is 0.164 e. The summed E-state index contributed by atoms with van der Waals surface area (Å²) in [7, 11) is -3.47. The number of carbonyl (C=O) groups excluding carboxylic acids is 1. The number of hydrogen-bond acceptors (Lipinski definition) is 10. The Kier molecular flexibility index (Phi) is 10.9. The van der Waals surface area contributed by atoms with Crippen LogP contribution in [0.1, 0.15) is 47.1 Å². The quantitative estimate of drug-likeness (QED) is 0.161. The molecule has 3 heterocycles. The first-order valence-corrected chi connectivity index (χ1v) is 18.9. The van der Waals surface area contributed by atoms with E-state index in [4.69, 9.17) is 30.5 Å². The molecule has 1 fully saturated rings. The molecule has 1 saturated heterocycles. The van der Waals surface area contributed by atoms with E-state index in [1.165, 1.54) is 6.20 Å². The van der Waals surface area contributed by atoms with Crippen molar-refractivity contribution in [2.45, 2.75) is 52.0 Å². The third-order valence-corrected chi connectivity index (χ3v) is 9.98. The van der Waals surface area contributed by atoms with E-state index >= 15 is 0 Å². The van der Waals surface area contributed by atoms with Crippen molar-refractivity contribution in [1.82, 2.24) is 9.88 Å². The molecule has 6 rings (SSSR count). The molecule has 12 heteroatoms. The van der Waals surface area contributed by atoms with Crippen molar-refractivity contribution in [3.63, 3.8) is 0 Å². The lowest BCUT2D eigenvalue weighted by Gasteiger charge is -2.35. The number of piperidine rings is 1. The van der Waals surface area contributed by atoms with Gasteiger partial charge in [0, 0.05) is 42.4 Å². The van der Waals surface area contributed by atoms with Crippen molar-refractivity contribution >= 4 is 27.2 Å². The SMILES string of the molecule is Cc1c(COc2cc(OCc3cncc(C#N)c3)c(CN3CCCC[C@H]3C(=O)CS(C)(=O)=O)cc2Cl)cccc1-c1ccc2c(c1)OCCO2. The fourth-order valence-electron chi connectivity index (χ4n) is 6.37. The van der Waals surface area contributed by atoms with Crippen LogP contribution in [0.4, 0.5) is 0 Å². The van der Waals surface area contributed by atoms with Crippen LogP contribution in [0.25, 0.3) is 11.1 Å². The topological polar surface area (TPSA) is 128 Å². The molecule has 0 radical (unpaired) electrons. The van der Waals surface area contributed by atoms with Gasteiger partial charge in [-0.25, -0.2) is 8.42 Å². The Balaban J connectivity index is 1.26. The highest BCUT2D eigenvalue weighted by Gasteiger charge is 2.31. The van der Waals surface area contributed by atoms with Crippen LogP contribution in [0.3, 0.4) is 0 Å². The Morgan fingerprint density at radius 1 is 1.00 bits per heavy atom. The number of aromatic nitrogens is 1. The standard InChI is InChI=1S/C38H38ClN3O7S/c1-25-29(6-5-7-31(25)28-9-10-35-38(16-28)47-13-12-46-35)23-49-37-17-36(48-22-27-14-26(18-40)19-41-20-27)30(15-32(37)39)21-42-11-4-3-8-33(42)34(43)24-50(2,44)45/h5-7,9-10,14-17,19-20,33H,3-4,8,11-13,21-24H2,1-2H3/t33-/m0/s1. The predicted octanol–water partition coefficient (Wildman–Crippen LogP) is 6.48. The van der Waals surface area contributed by atoms with Crippen molar-refractivity contribution in [1.29, 1.82) is 5.26 Å². The fourth-order valence-corrected chi connectivity index (χ4v) is 7.32. The first-order valence-electron chi connectivity index (χ1n) is 16.4. The number of hydrogen-bond donors (Lipinski definition) is 0. The van der Waals surface area contributed by atoms with Crippen molar-refractivity contribution < 1.29 is 32.2 Å². The highest BCUT2D eigenvalue weighted by molar-refractivity contribution is 7.91. The Bertz CT molecular complexity index is 2050. The van der Waals surface area contributed by atoms with Crippen LogP contribution >= 0.6 is 11.6 Å². The number of ketones is 1. The van der Waals surface area contributed by atoms with E-state index in [0.29, 0.717) is 60.4 Å². The highest BCUT2D eigenvalue weighted by atomic mass is 35.5. The number of ether oxygens (including phenoxy) is 4. The third-order valence-electron chi connectivity index (χ3n) is 8.88. The fraction of sp³-hybridized carbons (Fsp3) is 0.342. The zero-order chi connectivity index (χ0) is 35.3. The zero-order valence-corrected chi connectivity index (χ0v) is 29.6. The average molecular weight is 716 g/mol. The Morgan fingerprint density at radius 2 is 1.80 bits per heavy atom. The van der Waals surface area contributed by atoms with E-state index < -0.39 is 21.6 Å². The molecular formula is C38H38ClN3O7S. The summed E-state index contributed by atoms with van der Waals surface area (Å²) in [5, 5.41) is 9.71. The van der Waals surface area contributed by atoms with Gasteiger partial charge in [0.1, 0.15) is 49.7 Å². The Morgan fingerprint density at radius 3 is 2.60 bits per heavy atom. The molecule has 0 N–H and O–H groups in total. The van der Waals surface area contributed by atoms with Gasteiger partial charge in [0.2, 0.25) is 0 Å². The van der Waals surface area contributed by atoms with Crippen LogP contribution in [0.2, 0.25) is 5.02 Å². The molecule has 0 spiro atoms. The summed E-state index contributed by atoms with van der Waals surface area (Å²) in [4.78, 5) is 19.2. The minimum absolute atomic E-state index is 0.129. The van der Waals surface area contributed by atoms with E-state index in [-0.39, 0.29) is 19.0 Å². The molecule has 3 aromatic carbocycles. The summed E-state index contributed by atoms with van der Waals surface area (Å²) >= 11 is 6.85. The van der Waals surface area contributed by atoms with Crippen LogP contribution in [-0.4, -0.2) is 61.9 Å². The summed E-state index contributed by atoms with van der Waals surface area (Å²) in [6.07, 6.45) is 6.50. The van der Waals surface area contributed by atoms with Gasteiger partial charge in [0.25, 0.3) is 0 Å². The van der Waals surface area contributed by atoms with Crippen molar-refractivity contribution in [2.24, 2.45) is 0 Å². The van der Waals surface area contributed by atoms with Crippen molar-refractivity contribution in [2.75, 3.05) is 31.8 Å². The largest absolute Gasteiger partial charge is 0.488 e. The minimum Gasteiger partial charge on any atom is -0.488 e. The second-order valence-corrected chi connectivity index (χ2v) is 15.2. The monoisotopic (exact) mass is 715 g/mol. The molecule has 0 aliphatic carbocycles. The number of benzene rings is 3. The molecular weight excluding hydrogens is 678 g/mol. The molecule has 1 atom stereocenters. The van der Waals surface area contributed by atoms with Gasteiger partial charge in [0.15, 0.2) is 27.1 Å². The minimum atomic E-state index is -3.47. The Hall–Kier alpha value is -4.63. The first-order chi connectivity index (χ1) is 24.1. The van der Waals surface area contributed by atoms with Gasteiger partial charge < -0.3 is 18.9 Å². The number of fused-ring (bicyclic) bond motifs is 1. The summed E-state index contributed by atoms with van der Waals surface area (Å²) in [5.41, 5.74) is 5.92. The third kappa shape index (κ3) is 8.56. The molecule has 50 heavy (non-hydrogen) atoms. The first kappa shape index (κ1) is 35.2. The van der Waals surface area contributed by atoms with E-state index in [1.807, 2.05) is 42.2 Å². The number of likely N-dealkylation sites (tertiary alicyclic amines) is 1. The van der Waals surface area contributed by atoms with Crippen LogP contribution < -0.4 is 18.9 Å². The molecule has 2 aliphatic heterocycles. The number of sulfone groups is 1. The zero-order valence-electron chi connectivity index (χ0n) is 28.0. The summed E-state index contributed by atoms with van der Waals surface area (Å²) in [6.45, 7) is 4.41. The second kappa shape index (κ2) is 15.5. The van der Waals surface area contributed by atoms with Crippen LogP contribution in [0.5, 0.6) is 23.0 Å². The second-order valence-electron chi connectivity index (χ2n) is 12.6. The van der Waals surface area contributed by atoms with Gasteiger partial charge in [0.05, 0.1) is 16.6 Å². The number of pyridine rings is 1. The van der Waals surface area contributed by atoms with Gasteiger partial charge in [-0.3, -0.25) is 14.7 Å². The van der Waals surface area contributed by atoms with Crippen molar-refractivity contribution in [3.8, 4) is 40.2 Å². The average Bonchev–Trinajstić information content (AvgIpc) is 3.10. The number of nitriles is 1. The van der Waals surface area contributed by atoms with Gasteiger partial charge >= 0.3 is 0 Å². The van der Waals surface area contributed by atoms with Crippen LogP contribution in [0.15, 0.2) is 67.0 Å². The molecule has 10 nitrogen and oxygen atoms in total. The lowest BCUT2D eigenvalue weighted by Crippen LogP contribution is -2.46. The normalized spacial score (nSPS) is 16.0. The maximum Gasteiger partial charge on any atom is 0.164 e. The molecule has 1 aromatic heterocycles. The molecule has 0 amide bonds. The van der Waals surface area contributed by atoms with E-state index in [0.717, 1.165) is 58.4 Å². The molecule has 4 aromatic rings. The maximum atomic E-state index is 13.1. The van der Waals surface area contributed by atoms with Crippen molar-refractivity contribution in [3.05, 3.63) is 99.8 Å². The van der Waals surface area contributed by atoms with Crippen LogP contribution in [0, 0.1) is 18.3 Å². The number of carbonyl (C=O) groups is 1. The van der Waals surface area contributed by atoms with E-state index in [1.54, 1.807) is 24.4 Å². The number of halogens is 1. The van der Waals surface area contributed by atoms with Gasteiger partial charge in [-0.05, 0) is 72.8 Å². The predicted molar refractivity (Wildman–Crippen MR) is 189 cm³/mol. The summed E-state index contributed by atoms with van der Waals surface area (Å²) < 4.78 is 48.0. The van der Waals surface area contributed by atoms with E-state index in [9.17, 15) is 18.5 Å².